The molecule has 18 heavy (non-hydrogen) atoms. The van der Waals surface area contributed by atoms with Gasteiger partial charge in [0.05, 0.1) is 18.0 Å². The van der Waals surface area contributed by atoms with Gasteiger partial charge in [0.15, 0.2) is 0 Å². The average Bonchev–Trinajstić information content (AvgIpc) is 2.79. The number of halogens is 1. The lowest BCUT2D eigenvalue weighted by Gasteiger charge is -2.16. The Morgan fingerprint density at radius 1 is 1.50 bits per heavy atom. The Bertz CT molecular complexity index is 335. The number of methoxy groups -OCH3 is 1. The average molecular weight is 274 g/mol. The zero-order chi connectivity index (χ0) is 13.4. The van der Waals surface area contributed by atoms with Crippen LogP contribution in [-0.4, -0.2) is 35.4 Å². The molecule has 1 heterocycles. The molecule has 0 fully saturated rings. The van der Waals surface area contributed by atoms with Gasteiger partial charge in [0.2, 0.25) is 0 Å². The monoisotopic (exact) mass is 273 g/mol. The van der Waals surface area contributed by atoms with E-state index in [0.717, 1.165) is 31.6 Å². The van der Waals surface area contributed by atoms with Gasteiger partial charge in [-0.25, -0.2) is 0 Å². The zero-order valence-corrected chi connectivity index (χ0v) is 12.3. The van der Waals surface area contributed by atoms with Gasteiger partial charge in [-0.1, -0.05) is 6.92 Å². The molecular formula is C13H24ClN3O. The van der Waals surface area contributed by atoms with Crippen molar-refractivity contribution in [2.45, 2.75) is 45.8 Å². The van der Waals surface area contributed by atoms with Gasteiger partial charge in [-0.15, -0.1) is 11.6 Å². The Labute approximate surface area is 115 Å². The van der Waals surface area contributed by atoms with Crippen LogP contribution in [0, 0.1) is 0 Å². The van der Waals surface area contributed by atoms with E-state index < -0.39 is 0 Å². The summed E-state index contributed by atoms with van der Waals surface area (Å²) in [6.07, 6.45) is 1.89. The molecule has 0 radical (unpaired) electrons. The molecule has 4 nitrogen and oxygen atoms in total. The zero-order valence-electron chi connectivity index (χ0n) is 11.6. The van der Waals surface area contributed by atoms with Gasteiger partial charge in [-0.2, -0.15) is 5.10 Å². The fraction of sp³-hybridized carbons (Fsp3) is 0.769. The number of hydrogen-bond donors (Lipinski definition) is 1. The second-order valence-electron chi connectivity index (χ2n) is 4.31. The van der Waals surface area contributed by atoms with Gasteiger partial charge in [0.1, 0.15) is 0 Å². The van der Waals surface area contributed by atoms with E-state index >= 15 is 0 Å². The van der Waals surface area contributed by atoms with E-state index in [0.29, 0.717) is 18.5 Å². The summed E-state index contributed by atoms with van der Waals surface area (Å²) in [5.41, 5.74) is 2.37. The third kappa shape index (κ3) is 4.59. The van der Waals surface area contributed by atoms with Crippen LogP contribution in [0.25, 0.3) is 0 Å². The molecule has 1 aromatic heterocycles. The van der Waals surface area contributed by atoms with Crippen molar-refractivity contribution in [3.05, 3.63) is 17.5 Å². The maximum atomic E-state index is 5.79. The minimum atomic E-state index is 0.304. The third-order valence-corrected chi connectivity index (χ3v) is 3.19. The minimum Gasteiger partial charge on any atom is -0.383 e. The van der Waals surface area contributed by atoms with E-state index in [4.69, 9.17) is 16.3 Å². The van der Waals surface area contributed by atoms with E-state index in [1.54, 1.807) is 7.11 Å². The highest BCUT2D eigenvalue weighted by atomic mass is 35.5. The van der Waals surface area contributed by atoms with Gasteiger partial charge in [-0.3, -0.25) is 4.68 Å². The van der Waals surface area contributed by atoms with Gasteiger partial charge < -0.3 is 10.1 Å². The molecule has 1 unspecified atom stereocenters. The molecule has 0 saturated heterocycles. The van der Waals surface area contributed by atoms with E-state index in [1.807, 2.05) is 0 Å². The highest BCUT2D eigenvalue weighted by molar-refractivity contribution is 6.17. The number of nitrogens with one attached hydrogen (secondary N) is 1. The highest BCUT2D eigenvalue weighted by Gasteiger charge is 2.10. The van der Waals surface area contributed by atoms with Crippen LogP contribution >= 0.6 is 11.6 Å². The van der Waals surface area contributed by atoms with Crippen LogP contribution in [-0.2, 0) is 24.2 Å². The van der Waals surface area contributed by atoms with E-state index in [2.05, 4.69) is 35.0 Å². The van der Waals surface area contributed by atoms with E-state index in [9.17, 15) is 0 Å². The van der Waals surface area contributed by atoms with Crippen molar-refractivity contribution >= 4 is 11.6 Å². The van der Waals surface area contributed by atoms with Crippen molar-refractivity contribution in [3.8, 4) is 0 Å². The topological polar surface area (TPSA) is 39.1 Å². The van der Waals surface area contributed by atoms with Gasteiger partial charge in [-0.05, 0) is 25.8 Å². The van der Waals surface area contributed by atoms with Crippen molar-refractivity contribution in [1.29, 1.82) is 0 Å². The first-order valence-electron chi connectivity index (χ1n) is 6.59. The fourth-order valence-corrected chi connectivity index (χ4v) is 2.19. The summed E-state index contributed by atoms with van der Waals surface area (Å²) in [7, 11) is 1.72. The third-order valence-electron chi connectivity index (χ3n) is 2.97. The van der Waals surface area contributed by atoms with Crippen LogP contribution in [0.3, 0.4) is 0 Å². The maximum Gasteiger partial charge on any atom is 0.0625 e. The molecule has 1 atom stereocenters. The summed E-state index contributed by atoms with van der Waals surface area (Å²) in [6.45, 7) is 6.64. The van der Waals surface area contributed by atoms with E-state index in [1.165, 1.54) is 5.69 Å². The Balaban J connectivity index is 2.57. The van der Waals surface area contributed by atoms with Crippen molar-refractivity contribution in [2.24, 2.45) is 0 Å². The Hall–Kier alpha value is -0.580. The lowest BCUT2D eigenvalue weighted by atomic mass is 10.2. The minimum absolute atomic E-state index is 0.304. The summed E-state index contributed by atoms with van der Waals surface area (Å²) < 4.78 is 7.24. The quantitative estimate of drug-likeness (QED) is 0.701. The van der Waals surface area contributed by atoms with E-state index in [-0.39, 0.29) is 0 Å². The maximum absolute atomic E-state index is 5.79. The molecule has 0 saturated carbocycles. The molecule has 0 spiro atoms. The Kier molecular flexibility index (Phi) is 7.32. The highest BCUT2D eigenvalue weighted by Crippen LogP contribution is 2.06. The molecule has 0 aliphatic rings. The summed E-state index contributed by atoms with van der Waals surface area (Å²) in [6, 6.07) is 2.47. The molecule has 5 heteroatoms. The van der Waals surface area contributed by atoms with Gasteiger partial charge in [0, 0.05) is 32.1 Å². The molecule has 0 aromatic carbocycles. The number of ether oxygens (including phenoxy) is 1. The second-order valence-corrected chi connectivity index (χ2v) is 4.69. The number of aryl methyl sites for hydroxylation is 2. The molecule has 104 valence electrons. The molecule has 0 bridgehead atoms. The van der Waals surface area contributed by atoms with Crippen LogP contribution in [0.1, 0.15) is 31.7 Å². The van der Waals surface area contributed by atoms with Crippen LogP contribution in [0.15, 0.2) is 6.07 Å². The molecule has 0 aliphatic heterocycles. The van der Waals surface area contributed by atoms with Crippen LogP contribution in [0.2, 0.25) is 0 Å². The number of aromatic nitrogens is 2. The van der Waals surface area contributed by atoms with Crippen LogP contribution < -0.4 is 5.32 Å². The summed E-state index contributed by atoms with van der Waals surface area (Å²) >= 11 is 5.79. The molecule has 0 amide bonds. The van der Waals surface area contributed by atoms with Crippen molar-refractivity contribution in [1.82, 2.24) is 15.1 Å². The first kappa shape index (κ1) is 15.5. The molecule has 1 aromatic rings. The van der Waals surface area contributed by atoms with Gasteiger partial charge in [0.25, 0.3) is 0 Å². The van der Waals surface area contributed by atoms with Crippen LogP contribution in [0.4, 0.5) is 0 Å². The molecule has 1 N–H and O–H groups in total. The molecular weight excluding hydrogens is 250 g/mol. The smallest absolute Gasteiger partial charge is 0.0625 e. The Morgan fingerprint density at radius 2 is 2.28 bits per heavy atom. The molecule has 0 aliphatic carbocycles. The predicted octanol–water partition coefficient (Wildman–Crippen LogP) is 2.20. The summed E-state index contributed by atoms with van der Waals surface area (Å²) in [4.78, 5) is 0. The number of alkyl halides is 1. The first-order valence-corrected chi connectivity index (χ1v) is 7.12. The van der Waals surface area contributed by atoms with Crippen molar-refractivity contribution in [2.75, 3.05) is 19.6 Å². The largest absolute Gasteiger partial charge is 0.383 e. The van der Waals surface area contributed by atoms with Crippen molar-refractivity contribution < 1.29 is 4.74 Å². The first-order chi connectivity index (χ1) is 8.74. The summed E-state index contributed by atoms with van der Waals surface area (Å²) in [5, 5.41) is 8.02. The lowest BCUT2D eigenvalue weighted by Crippen LogP contribution is -2.33. The SMILES string of the molecule is CCc1cc(CNC(CCCl)COC)n(CC)n1. The molecule has 1 rings (SSSR count). The predicted molar refractivity (Wildman–Crippen MR) is 75.1 cm³/mol. The van der Waals surface area contributed by atoms with Crippen LogP contribution in [0.5, 0.6) is 0 Å². The Morgan fingerprint density at radius 3 is 2.83 bits per heavy atom. The fourth-order valence-electron chi connectivity index (χ4n) is 1.93. The number of rotatable bonds is 9. The number of hydrogen-bond acceptors (Lipinski definition) is 3. The van der Waals surface area contributed by atoms with Crippen molar-refractivity contribution in [3.63, 3.8) is 0 Å². The standard InChI is InChI=1S/C13H24ClN3O/c1-4-11-8-13(17(5-2)16-11)9-15-12(6-7-14)10-18-3/h8,12,15H,4-7,9-10H2,1-3H3. The van der Waals surface area contributed by atoms with Gasteiger partial charge >= 0.3 is 0 Å². The lowest BCUT2D eigenvalue weighted by molar-refractivity contribution is 0.163. The normalized spacial score (nSPS) is 12.9. The summed E-state index contributed by atoms with van der Waals surface area (Å²) in [5.74, 6) is 0.647. The number of nitrogens with zero attached hydrogens (tertiary/aromatic N) is 2. The second kappa shape index (κ2) is 8.51.